The summed E-state index contributed by atoms with van der Waals surface area (Å²) in [6.07, 6.45) is 4.96. The van der Waals surface area contributed by atoms with Crippen molar-refractivity contribution in [2.24, 2.45) is 0 Å². The Bertz CT molecular complexity index is 242. The lowest BCUT2D eigenvalue weighted by Gasteiger charge is -2.44. The number of hydrogen-bond donors (Lipinski definition) is 3. The number of amides is 1. The van der Waals surface area contributed by atoms with E-state index < -0.39 is 0 Å². The van der Waals surface area contributed by atoms with Crippen molar-refractivity contribution in [3.63, 3.8) is 0 Å². The molecule has 0 saturated carbocycles. The van der Waals surface area contributed by atoms with Crippen LogP contribution in [0.15, 0.2) is 0 Å². The minimum atomic E-state index is 0.140. The molecule has 1 amide bonds. The summed E-state index contributed by atoms with van der Waals surface area (Å²) in [5.74, 6) is 0.140. The van der Waals surface area contributed by atoms with Crippen molar-refractivity contribution >= 4 is 5.91 Å². The largest absolute Gasteiger partial charge is 0.353 e. The molecule has 2 unspecified atom stereocenters. The predicted molar refractivity (Wildman–Crippen MR) is 52.9 cm³/mol. The van der Waals surface area contributed by atoms with E-state index in [4.69, 9.17) is 0 Å². The van der Waals surface area contributed by atoms with E-state index in [9.17, 15) is 4.79 Å². The molecular formula is C10H17N3O. The van der Waals surface area contributed by atoms with E-state index in [1.165, 1.54) is 25.7 Å². The van der Waals surface area contributed by atoms with Gasteiger partial charge >= 0.3 is 0 Å². The lowest BCUT2D eigenvalue weighted by atomic mass is 9.83. The first-order valence-corrected chi connectivity index (χ1v) is 5.54. The van der Waals surface area contributed by atoms with Gasteiger partial charge in [-0.2, -0.15) is 0 Å². The van der Waals surface area contributed by atoms with Crippen molar-refractivity contribution < 1.29 is 4.79 Å². The second-order valence-corrected chi connectivity index (χ2v) is 4.96. The average Bonchev–Trinajstić information content (AvgIpc) is 2.52. The van der Waals surface area contributed by atoms with Gasteiger partial charge in [-0.05, 0) is 25.7 Å². The highest BCUT2D eigenvalue weighted by Crippen LogP contribution is 2.34. The first-order valence-electron chi connectivity index (χ1n) is 5.54. The van der Waals surface area contributed by atoms with Gasteiger partial charge in [-0.3, -0.25) is 4.79 Å². The molecule has 4 nitrogen and oxygen atoms in total. The fraction of sp³-hybridized carbons (Fsp3) is 0.900. The molecule has 2 atom stereocenters. The second kappa shape index (κ2) is 2.94. The van der Waals surface area contributed by atoms with Gasteiger partial charge < -0.3 is 16.0 Å². The van der Waals surface area contributed by atoms with E-state index in [0.29, 0.717) is 18.6 Å². The molecule has 2 bridgehead atoms. The highest BCUT2D eigenvalue weighted by Gasteiger charge is 2.44. The van der Waals surface area contributed by atoms with Crippen LogP contribution in [0.25, 0.3) is 0 Å². The summed E-state index contributed by atoms with van der Waals surface area (Å²) in [6.45, 7) is 1.32. The summed E-state index contributed by atoms with van der Waals surface area (Å²) < 4.78 is 0. The summed E-state index contributed by atoms with van der Waals surface area (Å²) in [7, 11) is 0. The summed E-state index contributed by atoms with van der Waals surface area (Å²) in [5.41, 5.74) is 0.199. The number of rotatable bonds is 0. The van der Waals surface area contributed by atoms with E-state index in [2.05, 4.69) is 16.0 Å². The Morgan fingerprint density at radius 2 is 1.93 bits per heavy atom. The first-order chi connectivity index (χ1) is 6.76. The Labute approximate surface area is 83.8 Å². The average molecular weight is 195 g/mol. The Morgan fingerprint density at radius 3 is 2.50 bits per heavy atom. The molecule has 14 heavy (non-hydrogen) atoms. The quantitative estimate of drug-likeness (QED) is 0.482. The summed E-state index contributed by atoms with van der Waals surface area (Å²) in [5, 5.41) is 10.0. The van der Waals surface area contributed by atoms with E-state index in [0.717, 1.165) is 6.54 Å². The van der Waals surface area contributed by atoms with Gasteiger partial charge in [0.05, 0.1) is 6.54 Å². The van der Waals surface area contributed by atoms with Crippen molar-refractivity contribution in [2.45, 2.75) is 43.3 Å². The van der Waals surface area contributed by atoms with Crippen LogP contribution in [0, 0.1) is 0 Å². The van der Waals surface area contributed by atoms with Gasteiger partial charge in [-0.15, -0.1) is 0 Å². The van der Waals surface area contributed by atoms with Crippen LogP contribution in [0.1, 0.15) is 25.7 Å². The standard InChI is InChI=1S/C10H17N3O/c14-9-5-12-10(6-11-9)3-7-1-2-8(4-10)13-7/h7-8,12-13H,1-6H2,(H,11,14). The zero-order valence-electron chi connectivity index (χ0n) is 8.31. The molecule has 1 spiro atoms. The van der Waals surface area contributed by atoms with Crippen molar-refractivity contribution in [1.29, 1.82) is 0 Å². The van der Waals surface area contributed by atoms with Crippen molar-refractivity contribution in [2.75, 3.05) is 13.1 Å². The molecule has 0 aromatic rings. The van der Waals surface area contributed by atoms with Gasteiger partial charge in [0, 0.05) is 24.2 Å². The lowest BCUT2D eigenvalue weighted by molar-refractivity contribution is -0.123. The maximum atomic E-state index is 11.1. The Hall–Kier alpha value is -0.610. The summed E-state index contributed by atoms with van der Waals surface area (Å²) in [6, 6.07) is 1.35. The van der Waals surface area contributed by atoms with Gasteiger partial charge in [0.1, 0.15) is 0 Å². The molecular weight excluding hydrogens is 178 g/mol. The Morgan fingerprint density at radius 1 is 1.21 bits per heavy atom. The highest BCUT2D eigenvalue weighted by molar-refractivity contribution is 5.79. The van der Waals surface area contributed by atoms with Gasteiger partial charge in [-0.1, -0.05) is 0 Å². The van der Waals surface area contributed by atoms with Crippen LogP contribution >= 0.6 is 0 Å². The number of carbonyl (C=O) groups is 1. The Balaban J connectivity index is 1.74. The van der Waals surface area contributed by atoms with Crippen LogP contribution in [0.4, 0.5) is 0 Å². The summed E-state index contributed by atoms with van der Waals surface area (Å²) in [4.78, 5) is 11.1. The van der Waals surface area contributed by atoms with Crippen LogP contribution in [0.2, 0.25) is 0 Å². The topological polar surface area (TPSA) is 53.2 Å². The highest BCUT2D eigenvalue weighted by atomic mass is 16.2. The predicted octanol–water partition coefficient (Wildman–Crippen LogP) is -0.641. The van der Waals surface area contributed by atoms with Gasteiger partial charge in [0.25, 0.3) is 0 Å². The smallest absolute Gasteiger partial charge is 0.234 e. The van der Waals surface area contributed by atoms with Crippen LogP contribution in [-0.4, -0.2) is 36.6 Å². The zero-order chi connectivity index (χ0) is 9.60. The normalized spacial score (nSPS) is 46.7. The SMILES string of the molecule is O=C1CNC2(CN1)CC1CCC(C2)N1. The van der Waals surface area contributed by atoms with Crippen molar-refractivity contribution in [3.05, 3.63) is 0 Å². The molecule has 78 valence electrons. The molecule has 0 aliphatic carbocycles. The third-order valence-corrected chi connectivity index (χ3v) is 3.86. The van der Waals surface area contributed by atoms with Crippen LogP contribution in [0.3, 0.4) is 0 Å². The number of piperidine rings is 1. The first kappa shape index (κ1) is 8.68. The van der Waals surface area contributed by atoms with Crippen LogP contribution < -0.4 is 16.0 Å². The molecule has 0 radical (unpaired) electrons. The van der Waals surface area contributed by atoms with Crippen molar-refractivity contribution in [1.82, 2.24) is 16.0 Å². The molecule has 0 aromatic heterocycles. The molecule has 4 heteroatoms. The minimum absolute atomic E-state index is 0.140. The molecule has 3 N–H and O–H groups in total. The number of carbonyl (C=O) groups excluding carboxylic acids is 1. The zero-order valence-corrected chi connectivity index (χ0v) is 8.31. The van der Waals surface area contributed by atoms with Gasteiger partial charge in [0.2, 0.25) is 5.91 Å². The minimum Gasteiger partial charge on any atom is -0.353 e. The number of nitrogens with one attached hydrogen (secondary N) is 3. The van der Waals surface area contributed by atoms with E-state index in [1.807, 2.05) is 0 Å². The fourth-order valence-corrected chi connectivity index (χ4v) is 3.20. The molecule has 3 aliphatic rings. The van der Waals surface area contributed by atoms with Crippen molar-refractivity contribution in [3.8, 4) is 0 Å². The molecule has 3 saturated heterocycles. The van der Waals surface area contributed by atoms with Crippen LogP contribution in [0.5, 0.6) is 0 Å². The Kier molecular flexibility index (Phi) is 1.82. The summed E-state index contributed by atoms with van der Waals surface area (Å²) >= 11 is 0. The maximum Gasteiger partial charge on any atom is 0.234 e. The molecule has 3 aliphatic heterocycles. The fourth-order valence-electron chi connectivity index (χ4n) is 3.20. The third-order valence-electron chi connectivity index (χ3n) is 3.86. The van der Waals surface area contributed by atoms with E-state index in [1.54, 1.807) is 0 Å². The van der Waals surface area contributed by atoms with E-state index >= 15 is 0 Å². The third kappa shape index (κ3) is 1.33. The van der Waals surface area contributed by atoms with E-state index in [-0.39, 0.29) is 11.4 Å². The molecule has 3 fully saturated rings. The molecule has 3 heterocycles. The number of fused-ring (bicyclic) bond motifs is 2. The molecule has 3 rings (SSSR count). The number of piperazine rings is 1. The number of hydrogen-bond acceptors (Lipinski definition) is 3. The van der Waals surface area contributed by atoms with Gasteiger partial charge in [0.15, 0.2) is 0 Å². The van der Waals surface area contributed by atoms with Crippen LogP contribution in [-0.2, 0) is 4.79 Å². The second-order valence-electron chi connectivity index (χ2n) is 4.96. The lowest BCUT2D eigenvalue weighted by Crippen LogP contribution is -2.66. The monoisotopic (exact) mass is 195 g/mol. The maximum absolute atomic E-state index is 11.1. The van der Waals surface area contributed by atoms with Gasteiger partial charge in [-0.25, -0.2) is 0 Å². The molecule has 0 aromatic carbocycles.